The van der Waals surface area contributed by atoms with E-state index in [9.17, 15) is 4.79 Å². The molecule has 0 amide bonds. The maximum Gasteiger partial charge on any atom is 0.204 e. The van der Waals surface area contributed by atoms with Crippen LogP contribution in [0.25, 0.3) is 0 Å². The van der Waals surface area contributed by atoms with E-state index in [1.54, 1.807) is 0 Å². The Kier molecular flexibility index (Phi) is 2.88. The van der Waals surface area contributed by atoms with Crippen LogP contribution in [0.15, 0.2) is 24.3 Å². The summed E-state index contributed by atoms with van der Waals surface area (Å²) in [7, 11) is 0. The van der Waals surface area contributed by atoms with Crippen molar-refractivity contribution in [2.45, 2.75) is 20.8 Å². The molecule has 2 aromatic rings. The van der Waals surface area contributed by atoms with Crippen LogP contribution in [0.4, 0.5) is 0 Å². The third kappa shape index (κ3) is 2.04. The van der Waals surface area contributed by atoms with E-state index in [1.807, 2.05) is 45.0 Å². The summed E-state index contributed by atoms with van der Waals surface area (Å²) in [6.45, 7) is 5.80. The largest absolute Gasteiger partial charge is 0.288 e. The molecule has 0 atom stereocenters. The molecule has 82 valence electrons. The van der Waals surface area contributed by atoms with Crippen LogP contribution in [-0.2, 0) is 0 Å². The number of aryl methyl sites for hydroxylation is 3. The molecule has 2 nitrogen and oxygen atoms in total. The third-order valence-corrected chi connectivity index (χ3v) is 3.43. The van der Waals surface area contributed by atoms with Crippen molar-refractivity contribution in [1.29, 1.82) is 0 Å². The van der Waals surface area contributed by atoms with E-state index in [4.69, 9.17) is 0 Å². The highest BCUT2D eigenvalue weighted by Crippen LogP contribution is 2.20. The van der Waals surface area contributed by atoms with Crippen molar-refractivity contribution in [3.8, 4) is 0 Å². The van der Waals surface area contributed by atoms with Crippen LogP contribution in [0.5, 0.6) is 0 Å². The van der Waals surface area contributed by atoms with Gasteiger partial charge in [-0.1, -0.05) is 0 Å². The van der Waals surface area contributed by atoms with E-state index in [0.717, 1.165) is 21.1 Å². The van der Waals surface area contributed by atoms with Gasteiger partial charge in [0.2, 0.25) is 5.78 Å². The van der Waals surface area contributed by atoms with Gasteiger partial charge in [0.25, 0.3) is 0 Å². The van der Waals surface area contributed by atoms with Gasteiger partial charge in [0, 0.05) is 21.8 Å². The lowest BCUT2D eigenvalue weighted by Gasteiger charge is -2.03. The predicted molar refractivity (Wildman–Crippen MR) is 66.2 cm³/mol. The van der Waals surface area contributed by atoms with Crippen LogP contribution in [0, 0.1) is 20.8 Å². The van der Waals surface area contributed by atoms with Gasteiger partial charge < -0.3 is 0 Å². The highest BCUT2D eigenvalue weighted by Gasteiger charge is 2.13. The highest BCUT2D eigenvalue weighted by molar-refractivity contribution is 7.14. The molecule has 2 heterocycles. The monoisotopic (exact) mass is 231 g/mol. The molecule has 2 aromatic heterocycles. The number of pyridine rings is 1. The first-order valence-corrected chi connectivity index (χ1v) is 5.95. The number of nitrogens with zero attached hydrogens (tertiary/aromatic N) is 1. The molecule has 0 unspecified atom stereocenters. The summed E-state index contributed by atoms with van der Waals surface area (Å²) in [4.78, 5) is 18.4. The summed E-state index contributed by atoms with van der Waals surface area (Å²) in [5.74, 6) is 0.0723. The number of thiophene rings is 1. The van der Waals surface area contributed by atoms with Crippen molar-refractivity contribution < 1.29 is 4.79 Å². The number of carbonyl (C=O) groups is 1. The Morgan fingerprint density at radius 3 is 2.44 bits per heavy atom. The summed E-state index contributed by atoms with van der Waals surface area (Å²) < 4.78 is 0. The molecule has 0 aliphatic heterocycles. The van der Waals surface area contributed by atoms with E-state index < -0.39 is 0 Å². The minimum atomic E-state index is 0.0723. The van der Waals surface area contributed by atoms with Crippen molar-refractivity contribution >= 4 is 17.1 Å². The van der Waals surface area contributed by atoms with E-state index in [-0.39, 0.29) is 5.78 Å². The topological polar surface area (TPSA) is 30.0 Å². The maximum atomic E-state index is 12.2. The fraction of sp³-hybridized carbons (Fsp3) is 0.231. The Morgan fingerprint density at radius 1 is 1.12 bits per heavy atom. The fourth-order valence-electron chi connectivity index (χ4n) is 1.62. The van der Waals surface area contributed by atoms with Crippen molar-refractivity contribution in [2.24, 2.45) is 0 Å². The molecule has 0 spiro atoms. The van der Waals surface area contributed by atoms with Crippen LogP contribution >= 0.6 is 11.3 Å². The summed E-state index contributed by atoms with van der Waals surface area (Å²) in [6, 6.07) is 7.58. The number of rotatable bonds is 2. The first-order chi connectivity index (χ1) is 7.58. The first kappa shape index (κ1) is 11.0. The zero-order valence-corrected chi connectivity index (χ0v) is 10.4. The minimum absolute atomic E-state index is 0.0723. The molecule has 0 radical (unpaired) electrons. The maximum absolute atomic E-state index is 12.2. The zero-order chi connectivity index (χ0) is 11.7. The van der Waals surface area contributed by atoms with E-state index >= 15 is 0 Å². The quantitative estimate of drug-likeness (QED) is 0.742. The molecule has 0 aromatic carbocycles. The van der Waals surface area contributed by atoms with Gasteiger partial charge in [-0.3, -0.25) is 9.78 Å². The highest BCUT2D eigenvalue weighted by atomic mass is 32.1. The van der Waals surface area contributed by atoms with Crippen LogP contribution < -0.4 is 0 Å². The van der Waals surface area contributed by atoms with Gasteiger partial charge in [0.05, 0.1) is 4.88 Å². The number of hydrogen-bond donors (Lipinski definition) is 0. The molecule has 16 heavy (non-hydrogen) atoms. The predicted octanol–water partition coefficient (Wildman–Crippen LogP) is 3.30. The lowest BCUT2D eigenvalue weighted by molar-refractivity contribution is 0.104. The lowest BCUT2D eigenvalue weighted by Crippen LogP contribution is -2.03. The Morgan fingerprint density at radius 2 is 1.88 bits per heavy atom. The number of carbonyl (C=O) groups excluding carboxylic acids is 1. The zero-order valence-electron chi connectivity index (χ0n) is 9.57. The number of hydrogen-bond acceptors (Lipinski definition) is 3. The van der Waals surface area contributed by atoms with Crippen LogP contribution in [0.3, 0.4) is 0 Å². The van der Waals surface area contributed by atoms with Gasteiger partial charge in [0.15, 0.2) is 0 Å². The molecular weight excluding hydrogens is 218 g/mol. The van der Waals surface area contributed by atoms with Gasteiger partial charge >= 0.3 is 0 Å². The number of aromatic nitrogens is 1. The summed E-state index contributed by atoms with van der Waals surface area (Å²) in [5, 5.41) is 0. The Labute approximate surface area is 99.0 Å². The SMILES string of the molecule is Cc1ccc(C(=O)c2ccc(C)s2)c(C)n1. The Hall–Kier alpha value is -1.48. The molecule has 0 aliphatic rings. The summed E-state index contributed by atoms with van der Waals surface area (Å²) >= 11 is 1.53. The standard InChI is InChI=1S/C13H13NOS/c1-8-4-6-11(10(3)14-8)13(15)12-7-5-9(2)16-12/h4-7H,1-3H3. The van der Waals surface area contributed by atoms with Crippen molar-refractivity contribution in [2.75, 3.05) is 0 Å². The smallest absolute Gasteiger partial charge is 0.204 e. The first-order valence-electron chi connectivity index (χ1n) is 5.13. The third-order valence-electron chi connectivity index (χ3n) is 2.43. The minimum Gasteiger partial charge on any atom is -0.288 e. The second-order valence-corrected chi connectivity index (χ2v) is 5.11. The summed E-state index contributed by atoms with van der Waals surface area (Å²) in [5.41, 5.74) is 2.44. The van der Waals surface area contributed by atoms with E-state index in [2.05, 4.69) is 4.98 Å². The molecule has 0 saturated heterocycles. The second-order valence-electron chi connectivity index (χ2n) is 3.83. The molecule has 0 aliphatic carbocycles. The average molecular weight is 231 g/mol. The normalized spacial score (nSPS) is 10.4. The van der Waals surface area contributed by atoms with Crippen molar-refractivity contribution in [1.82, 2.24) is 4.98 Å². The molecular formula is C13H13NOS. The lowest BCUT2D eigenvalue weighted by atomic mass is 10.1. The van der Waals surface area contributed by atoms with E-state index in [1.165, 1.54) is 11.3 Å². The number of ketones is 1. The molecule has 3 heteroatoms. The van der Waals surface area contributed by atoms with Crippen LogP contribution in [0.2, 0.25) is 0 Å². The molecule has 0 bridgehead atoms. The molecule has 0 saturated carbocycles. The molecule has 0 N–H and O–H groups in total. The van der Waals surface area contributed by atoms with Crippen LogP contribution in [0.1, 0.15) is 31.5 Å². The van der Waals surface area contributed by atoms with Gasteiger partial charge in [-0.15, -0.1) is 11.3 Å². The second kappa shape index (κ2) is 4.18. The van der Waals surface area contributed by atoms with Crippen LogP contribution in [-0.4, -0.2) is 10.8 Å². The van der Waals surface area contributed by atoms with Crippen molar-refractivity contribution in [3.63, 3.8) is 0 Å². The van der Waals surface area contributed by atoms with Gasteiger partial charge in [-0.25, -0.2) is 0 Å². The average Bonchev–Trinajstić information content (AvgIpc) is 2.64. The summed E-state index contributed by atoms with van der Waals surface area (Å²) in [6.07, 6.45) is 0. The van der Waals surface area contributed by atoms with Gasteiger partial charge in [-0.05, 0) is 45.0 Å². The molecule has 2 rings (SSSR count). The molecule has 0 fully saturated rings. The van der Waals surface area contributed by atoms with Crippen molar-refractivity contribution in [3.05, 3.63) is 51.0 Å². The Balaban J connectivity index is 2.41. The Bertz CT molecular complexity index is 543. The van der Waals surface area contributed by atoms with Gasteiger partial charge in [0.1, 0.15) is 0 Å². The fourth-order valence-corrected chi connectivity index (χ4v) is 2.44. The van der Waals surface area contributed by atoms with Gasteiger partial charge in [-0.2, -0.15) is 0 Å². The van der Waals surface area contributed by atoms with E-state index in [0.29, 0.717) is 5.56 Å².